The second kappa shape index (κ2) is 3.32. The molecule has 0 saturated heterocycles. The zero-order valence-electron chi connectivity index (χ0n) is 5.92. The first-order valence-electron chi connectivity index (χ1n) is 3.22. The summed E-state index contributed by atoms with van der Waals surface area (Å²) >= 11 is 0. The molecule has 0 aliphatic carbocycles. The molecule has 60 valence electrons. The molecule has 0 aliphatic rings. The third-order valence-corrected chi connectivity index (χ3v) is 1.20. The Hall–Kier alpha value is -1.13. The maximum absolute atomic E-state index is 12.8. The van der Waals surface area contributed by atoms with Crippen LogP contribution < -0.4 is 16.8 Å². The van der Waals surface area contributed by atoms with Gasteiger partial charge in [-0.2, -0.15) is 0 Å². The largest absolute Gasteiger partial charge is 0.356 e. The molecule has 0 heterocycles. The van der Waals surface area contributed by atoms with Gasteiger partial charge in [0.15, 0.2) is 0 Å². The molecule has 0 radical (unpaired) electrons. The normalized spacial score (nSPS) is 10.2. The van der Waals surface area contributed by atoms with E-state index in [1.807, 2.05) is 0 Å². The molecule has 11 heavy (non-hydrogen) atoms. The van der Waals surface area contributed by atoms with E-state index in [0.29, 0.717) is 5.69 Å². The van der Waals surface area contributed by atoms with Crippen molar-refractivity contribution < 1.29 is 4.39 Å². The van der Waals surface area contributed by atoms with Crippen molar-refractivity contribution in [3.8, 4) is 0 Å². The fourth-order valence-electron chi connectivity index (χ4n) is 0.758. The third kappa shape index (κ3) is 2.18. The molecule has 5 N–H and O–H groups in total. The van der Waals surface area contributed by atoms with Crippen LogP contribution in [-0.4, -0.2) is 6.29 Å². The molecule has 0 fully saturated rings. The average molecular weight is 155 g/mol. The van der Waals surface area contributed by atoms with E-state index < -0.39 is 6.29 Å². The van der Waals surface area contributed by atoms with Crippen molar-refractivity contribution in [1.82, 2.24) is 0 Å². The van der Waals surface area contributed by atoms with Gasteiger partial charge >= 0.3 is 0 Å². The van der Waals surface area contributed by atoms with Crippen LogP contribution in [0.25, 0.3) is 0 Å². The van der Waals surface area contributed by atoms with Crippen molar-refractivity contribution in [1.29, 1.82) is 0 Å². The van der Waals surface area contributed by atoms with Crippen LogP contribution in [0.5, 0.6) is 0 Å². The van der Waals surface area contributed by atoms with Crippen molar-refractivity contribution in [3.63, 3.8) is 0 Å². The first-order valence-corrected chi connectivity index (χ1v) is 3.22. The highest BCUT2D eigenvalue weighted by molar-refractivity contribution is 5.44. The lowest BCUT2D eigenvalue weighted by molar-refractivity contribution is 0.626. The van der Waals surface area contributed by atoms with Gasteiger partial charge in [-0.15, -0.1) is 0 Å². The zero-order valence-corrected chi connectivity index (χ0v) is 5.92. The van der Waals surface area contributed by atoms with Crippen molar-refractivity contribution in [2.24, 2.45) is 11.5 Å². The second-order valence-electron chi connectivity index (χ2n) is 2.15. The minimum absolute atomic E-state index is 0.322. The van der Waals surface area contributed by atoms with Crippen molar-refractivity contribution in [2.45, 2.75) is 6.29 Å². The molecule has 4 heteroatoms. The van der Waals surface area contributed by atoms with E-state index >= 15 is 0 Å². The molecule has 1 rings (SSSR count). The summed E-state index contributed by atoms with van der Waals surface area (Å²) in [6.45, 7) is 0. The Morgan fingerprint density at radius 1 is 1.27 bits per heavy atom. The van der Waals surface area contributed by atoms with Crippen molar-refractivity contribution in [3.05, 3.63) is 30.1 Å². The van der Waals surface area contributed by atoms with Crippen LogP contribution in [0.15, 0.2) is 24.3 Å². The van der Waals surface area contributed by atoms with Gasteiger partial charge in [-0.1, -0.05) is 12.1 Å². The summed E-state index contributed by atoms with van der Waals surface area (Å²) in [5.41, 5.74) is 10.7. The Morgan fingerprint density at radius 2 is 1.91 bits per heavy atom. The van der Waals surface area contributed by atoms with Gasteiger partial charge in [0.1, 0.15) is 12.1 Å². The van der Waals surface area contributed by atoms with Crippen LogP contribution in [0.1, 0.15) is 0 Å². The van der Waals surface area contributed by atoms with Gasteiger partial charge in [0, 0.05) is 0 Å². The van der Waals surface area contributed by atoms with E-state index in [4.69, 9.17) is 11.5 Å². The maximum Gasteiger partial charge on any atom is 0.146 e. The van der Waals surface area contributed by atoms with Crippen LogP contribution in [0.3, 0.4) is 0 Å². The van der Waals surface area contributed by atoms with Crippen LogP contribution in [-0.2, 0) is 0 Å². The summed E-state index contributed by atoms with van der Waals surface area (Å²) in [4.78, 5) is 0. The molecule has 1 aromatic carbocycles. The highest BCUT2D eigenvalue weighted by atomic mass is 19.1. The molecule has 0 atom stereocenters. The van der Waals surface area contributed by atoms with Crippen LogP contribution in [0.2, 0.25) is 0 Å². The van der Waals surface area contributed by atoms with E-state index in [2.05, 4.69) is 5.32 Å². The summed E-state index contributed by atoms with van der Waals surface area (Å²) < 4.78 is 12.8. The lowest BCUT2D eigenvalue weighted by Crippen LogP contribution is -2.38. The Labute approximate surface area is 64.2 Å². The smallest absolute Gasteiger partial charge is 0.146 e. The molecule has 0 saturated carbocycles. The Balaban J connectivity index is 2.78. The van der Waals surface area contributed by atoms with E-state index in [-0.39, 0.29) is 5.82 Å². The Bertz CT molecular complexity index is 237. The number of halogens is 1. The van der Waals surface area contributed by atoms with Gasteiger partial charge in [0.25, 0.3) is 0 Å². The lowest BCUT2D eigenvalue weighted by atomic mass is 10.3. The van der Waals surface area contributed by atoms with Crippen LogP contribution in [0.4, 0.5) is 10.1 Å². The summed E-state index contributed by atoms with van der Waals surface area (Å²) in [5.74, 6) is -0.353. The maximum atomic E-state index is 12.8. The molecular weight excluding hydrogens is 145 g/mol. The molecule has 3 nitrogen and oxygen atoms in total. The van der Waals surface area contributed by atoms with E-state index in [1.54, 1.807) is 18.2 Å². The number of hydrogen-bond acceptors (Lipinski definition) is 3. The van der Waals surface area contributed by atoms with Gasteiger partial charge in [-0.05, 0) is 12.1 Å². The van der Waals surface area contributed by atoms with Gasteiger partial charge in [0.2, 0.25) is 0 Å². The SMILES string of the molecule is NC(N)Nc1ccccc1F. The summed E-state index contributed by atoms with van der Waals surface area (Å²) in [6.07, 6.45) is -0.730. The number of anilines is 1. The highest BCUT2D eigenvalue weighted by Gasteiger charge is 1.99. The number of nitrogens with one attached hydrogen (secondary N) is 1. The molecule has 0 aromatic heterocycles. The minimum atomic E-state index is -0.730. The second-order valence-corrected chi connectivity index (χ2v) is 2.15. The molecule has 1 aromatic rings. The minimum Gasteiger partial charge on any atom is -0.356 e. The summed E-state index contributed by atoms with van der Waals surface area (Å²) in [7, 11) is 0. The van der Waals surface area contributed by atoms with Gasteiger partial charge in [0.05, 0.1) is 5.69 Å². The Kier molecular flexibility index (Phi) is 2.40. The number of hydrogen-bond donors (Lipinski definition) is 3. The molecule has 0 unspecified atom stereocenters. The Morgan fingerprint density at radius 3 is 2.45 bits per heavy atom. The number of rotatable bonds is 2. The molecule has 0 spiro atoms. The monoisotopic (exact) mass is 155 g/mol. The summed E-state index contributed by atoms with van der Waals surface area (Å²) in [6, 6.07) is 6.21. The molecule has 0 bridgehead atoms. The first-order chi connectivity index (χ1) is 5.20. The molecule has 0 amide bonds. The fourth-order valence-corrected chi connectivity index (χ4v) is 0.758. The standard InChI is InChI=1S/C7H10FN3/c8-5-3-1-2-4-6(5)11-7(9)10/h1-4,7,11H,9-10H2. The highest BCUT2D eigenvalue weighted by Crippen LogP contribution is 2.11. The number of benzene rings is 1. The molecular formula is C7H10FN3. The van der Waals surface area contributed by atoms with E-state index in [9.17, 15) is 4.39 Å². The van der Waals surface area contributed by atoms with Crippen molar-refractivity contribution >= 4 is 5.69 Å². The first kappa shape index (κ1) is 7.97. The van der Waals surface area contributed by atoms with Gasteiger partial charge in [-0.3, -0.25) is 11.5 Å². The van der Waals surface area contributed by atoms with E-state index in [0.717, 1.165) is 0 Å². The quantitative estimate of drug-likeness (QED) is 0.543. The predicted molar refractivity (Wildman–Crippen MR) is 42.2 cm³/mol. The topological polar surface area (TPSA) is 64.1 Å². The average Bonchev–Trinajstić information content (AvgIpc) is 1.93. The van der Waals surface area contributed by atoms with Crippen LogP contribution >= 0.6 is 0 Å². The fraction of sp³-hybridized carbons (Fsp3) is 0.143. The summed E-state index contributed by atoms with van der Waals surface area (Å²) in [5, 5.41) is 2.55. The zero-order chi connectivity index (χ0) is 8.27. The number of nitrogens with two attached hydrogens (primary N) is 2. The molecule has 0 aliphatic heterocycles. The van der Waals surface area contributed by atoms with Crippen LogP contribution in [0, 0.1) is 5.82 Å². The van der Waals surface area contributed by atoms with Crippen molar-refractivity contribution in [2.75, 3.05) is 5.32 Å². The third-order valence-electron chi connectivity index (χ3n) is 1.20. The van der Waals surface area contributed by atoms with Gasteiger partial charge in [-0.25, -0.2) is 4.39 Å². The number of para-hydroxylation sites is 1. The van der Waals surface area contributed by atoms with Gasteiger partial charge < -0.3 is 5.32 Å². The van der Waals surface area contributed by atoms with E-state index in [1.165, 1.54) is 6.07 Å². The predicted octanol–water partition coefficient (Wildman–Crippen LogP) is 0.439. The lowest BCUT2D eigenvalue weighted by Gasteiger charge is -2.09.